The molecule has 0 aromatic heterocycles. The molecule has 0 amide bonds. The van der Waals surface area contributed by atoms with Crippen LogP contribution in [0.4, 0.5) is 5.69 Å². The van der Waals surface area contributed by atoms with Crippen molar-refractivity contribution in [2.75, 3.05) is 24.2 Å². The van der Waals surface area contributed by atoms with E-state index in [1.165, 1.54) is 0 Å². The van der Waals surface area contributed by atoms with Crippen LogP contribution in [0.1, 0.15) is 19.4 Å². The van der Waals surface area contributed by atoms with Gasteiger partial charge in [-0.2, -0.15) is 17.9 Å². The normalized spacial score (nSPS) is 12.2. The van der Waals surface area contributed by atoms with Crippen LogP contribution in [0.3, 0.4) is 0 Å². The second-order valence-corrected chi connectivity index (χ2v) is 5.09. The number of hydrogen-bond acceptors (Lipinski definition) is 3. The fourth-order valence-corrected chi connectivity index (χ4v) is 2.29. The van der Waals surface area contributed by atoms with Gasteiger partial charge in [-0.25, -0.2) is 0 Å². The van der Waals surface area contributed by atoms with Gasteiger partial charge in [0.2, 0.25) is 0 Å². The molecule has 1 aromatic rings. The summed E-state index contributed by atoms with van der Waals surface area (Å²) < 4.78 is 0. The van der Waals surface area contributed by atoms with E-state index in [0.29, 0.717) is 17.4 Å². The van der Waals surface area contributed by atoms with Gasteiger partial charge < -0.3 is 4.90 Å². The average molecular weight is 248 g/mol. The Morgan fingerprint density at radius 3 is 2.65 bits per heavy atom. The highest BCUT2D eigenvalue weighted by Crippen LogP contribution is 2.19. The van der Waals surface area contributed by atoms with Crippen LogP contribution in [0.25, 0.3) is 0 Å². The SMILES string of the molecule is CC(C)C(CS)CN(C)c1cccc(C#N)c1. The largest absolute Gasteiger partial charge is 0.374 e. The highest BCUT2D eigenvalue weighted by molar-refractivity contribution is 7.80. The van der Waals surface area contributed by atoms with E-state index < -0.39 is 0 Å². The number of nitriles is 1. The highest BCUT2D eigenvalue weighted by Gasteiger charge is 2.14. The molecule has 2 nitrogen and oxygen atoms in total. The van der Waals surface area contributed by atoms with Crippen molar-refractivity contribution in [1.29, 1.82) is 5.26 Å². The molecule has 17 heavy (non-hydrogen) atoms. The smallest absolute Gasteiger partial charge is 0.0992 e. The first-order chi connectivity index (χ1) is 8.08. The van der Waals surface area contributed by atoms with Crippen molar-refractivity contribution in [2.45, 2.75) is 13.8 Å². The Morgan fingerprint density at radius 2 is 2.12 bits per heavy atom. The minimum atomic E-state index is 0.564. The fraction of sp³-hybridized carbons (Fsp3) is 0.500. The molecule has 0 heterocycles. The van der Waals surface area contributed by atoms with Gasteiger partial charge in [0, 0.05) is 19.3 Å². The van der Waals surface area contributed by atoms with Gasteiger partial charge >= 0.3 is 0 Å². The molecule has 0 spiro atoms. The number of hydrogen-bond donors (Lipinski definition) is 1. The summed E-state index contributed by atoms with van der Waals surface area (Å²) in [6, 6.07) is 9.89. The summed E-state index contributed by atoms with van der Waals surface area (Å²) >= 11 is 4.40. The summed E-state index contributed by atoms with van der Waals surface area (Å²) in [6.07, 6.45) is 0. The average Bonchev–Trinajstić information content (AvgIpc) is 2.35. The molecule has 0 aliphatic rings. The lowest BCUT2D eigenvalue weighted by Crippen LogP contribution is -2.29. The molecule has 92 valence electrons. The maximum Gasteiger partial charge on any atom is 0.0992 e. The number of anilines is 1. The summed E-state index contributed by atoms with van der Waals surface area (Å²) in [4.78, 5) is 2.20. The molecular formula is C14H20N2S. The molecule has 0 radical (unpaired) electrons. The fourth-order valence-electron chi connectivity index (χ4n) is 1.75. The van der Waals surface area contributed by atoms with Gasteiger partial charge in [-0.05, 0) is 35.8 Å². The Kier molecular flexibility index (Phi) is 5.37. The van der Waals surface area contributed by atoms with Crippen molar-refractivity contribution in [3.05, 3.63) is 29.8 Å². The van der Waals surface area contributed by atoms with Crippen molar-refractivity contribution < 1.29 is 0 Å². The molecular weight excluding hydrogens is 228 g/mol. The second-order valence-electron chi connectivity index (χ2n) is 4.73. The Labute approximate surface area is 110 Å². The van der Waals surface area contributed by atoms with Crippen LogP contribution in [0.15, 0.2) is 24.3 Å². The Balaban J connectivity index is 2.75. The Morgan fingerprint density at radius 1 is 1.41 bits per heavy atom. The van der Waals surface area contributed by atoms with Crippen molar-refractivity contribution in [2.24, 2.45) is 11.8 Å². The van der Waals surface area contributed by atoms with E-state index in [4.69, 9.17) is 5.26 Å². The van der Waals surface area contributed by atoms with Crippen molar-refractivity contribution in [1.82, 2.24) is 0 Å². The van der Waals surface area contributed by atoms with Crippen LogP contribution in [0.5, 0.6) is 0 Å². The lowest BCUT2D eigenvalue weighted by atomic mass is 9.97. The van der Waals surface area contributed by atoms with Crippen LogP contribution in [0.2, 0.25) is 0 Å². The Bertz CT molecular complexity index is 395. The molecule has 1 rings (SSSR count). The van der Waals surface area contributed by atoms with Crippen molar-refractivity contribution in [3.63, 3.8) is 0 Å². The lowest BCUT2D eigenvalue weighted by molar-refractivity contribution is 0.430. The van der Waals surface area contributed by atoms with Crippen molar-refractivity contribution in [3.8, 4) is 6.07 Å². The highest BCUT2D eigenvalue weighted by atomic mass is 32.1. The molecule has 0 saturated heterocycles. The van der Waals surface area contributed by atoms with Crippen LogP contribution >= 0.6 is 12.6 Å². The summed E-state index contributed by atoms with van der Waals surface area (Å²) in [6.45, 7) is 5.41. The van der Waals surface area contributed by atoms with Crippen LogP contribution < -0.4 is 4.90 Å². The molecule has 0 N–H and O–H groups in total. The molecule has 1 aromatic carbocycles. The first kappa shape index (κ1) is 13.9. The molecule has 1 unspecified atom stereocenters. The summed E-state index contributed by atoms with van der Waals surface area (Å²) in [5.74, 6) is 2.07. The first-order valence-electron chi connectivity index (χ1n) is 5.90. The summed E-state index contributed by atoms with van der Waals surface area (Å²) in [5.41, 5.74) is 1.80. The minimum Gasteiger partial charge on any atom is -0.374 e. The van der Waals surface area contributed by atoms with Gasteiger partial charge in [-0.15, -0.1) is 0 Å². The van der Waals surface area contributed by atoms with E-state index in [0.717, 1.165) is 18.0 Å². The van der Waals surface area contributed by atoms with E-state index >= 15 is 0 Å². The van der Waals surface area contributed by atoms with Crippen molar-refractivity contribution >= 4 is 18.3 Å². The van der Waals surface area contributed by atoms with Gasteiger partial charge in [-0.1, -0.05) is 19.9 Å². The predicted octanol–water partition coefficient (Wildman–Crippen LogP) is 3.20. The van der Waals surface area contributed by atoms with Gasteiger partial charge in [0.1, 0.15) is 0 Å². The quantitative estimate of drug-likeness (QED) is 0.810. The number of nitrogens with zero attached hydrogens (tertiary/aromatic N) is 2. The Hall–Kier alpha value is -1.14. The minimum absolute atomic E-state index is 0.564. The third-order valence-corrected chi connectivity index (χ3v) is 3.57. The molecule has 0 aliphatic heterocycles. The molecule has 0 fully saturated rings. The zero-order valence-corrected chi connectivity index (χ0v) is 11.6. The number of rotatable bonds is 5. The van der Waals surface area contributed by atoms with Gasteiger partial charge in [0.05, 0.1) is 11.6 Å². The van der Waals surface area contributed by atoms with Crippen LogP contribution in [0, 0.1) is 23.2 Å². The molecule has 0 aliphatic carbocycles. The molecule has 0 bridgehead atoms. The third kappa shape index (κ3) is 3.98. The van der Waals surface area contributed by atoms with Gasteiger partial charge in [-0.3, -0.25) is 0 Å². The third-order valence-electron chi connectivity index (χ3n) is 3.10. The zero-order chi connectivity index (χ0) is 12.8. The van der Waals surface area contributed by atoms with Gasteiger partial charge in [0.25, 0.3) is 0 Å². The second kappa shape index (κ2) is 6.56. The summed E-state index contributed by atoms with van der Waals surface area (Å²) in [5, 5.41) is 8.88. The zero-order valence-electron chi connectivity index (χ0n) is 10.7. The molecule has 3 heteroatoms. The predicted molar refractivity (Wildman–Crippen MR) is 76.6 cm³/mol. The summed E-state index contributed by atoms with van der Waals surface area (Å²) in [7, 11) is 2.06. The maximum absolute atomic E-state index is 8.88. The van der Waals surface area contributed by atoms with Gasteiger partial charge in [0.15, 0.2) is 0 Å². The number of thiol groups is 1. The van der Waals surface area contributed by atoms with Crippen LogP contribution in [-0.4, -0.2) is 19.3 Å². The monoisotopic (exact) mass is 248 g/mol. The standard InChI is InChI=1S/C14H20N2S/c1-11(2)13(10-17)9-16(3)14-6-4-5-12(7-14)8-15/h4-7,11,13,17H,9-10H2,1-3H3. The molecule has 1 atom stereocenters. The maximum atomic E-state index is 8.88. The van der Waals surface area contributed by atoms with E-state index in [9.17, 15) is 0 Å². The molecule has 0 saturated carbocycles. The first-order valence-corrected chi connectivity index (χ1v) is 6.54. The van der Waals surface area contributed by atoms with E-state index in [2.05, 4.69) is 44.5 Å². The lowest BCUT2D eigenvalue weighted by Gasteiger charge is -2.27. The topological polar surface area (TPSA) is 27.0 Å². The number of benzene rings is 1. The van der Waals surface area contributed by atoms with E-state index in [1.807, 2.05) is 24.3 Å². The van der Waals surface area contributed by atoms with Crippen LogP contribution in [-0.2, 0) is 0 Å². The van der Waals surface area contributed by atoms with E-state index in [1.54, 1.807) is 0 Å². The van der Waals surface area contributed by atoms with E-state index in [-0.39, 0.29) is 0 Å².